The van der Waals surface area contributed by atoms with Gasteiger partial charge in [0.15, 0.2) is 0 Å². The van der Waals surface area contributed by atoms with Crippen LogP contribution < -0.4 is 15.0 Å². The van der Waals surface area contributed by atoms with Gasteiger partial charge in [0.2, 0.25) is 5.91 Å². The van der Waals surface area contributed by atoms with Crippen molar-refractivity contribution in [1.82, 2.24) is 5.32 Å². The maximum absolute atomic E-state index is 12.0. The average Bonchev–Trinajstić information content (AvgIpc) is 2.34. The summed E-state index contributed by atoms with van der Waals surface area (Å²) in [6.07, 6.45) is 0. The van der Waals surface area contributed by atoms with Gasteiger partial charge < -0.3 is 15.0 Å². The molecule has 0 aromatic heterocycles. The van der Waals surface area contributed by atoms with E-state index in [0.717, 1.165) is 24.5 Å². The van der Waals surface area contributed by atoms with E-state index < -0.39 is 0 Å². The van der Waals surface area contributed by atoms with Crippen molar-refractivity contribution in [2.45, 2.75) is 19.9 Å². The first kappa shape index (κ1) is 11.9. The molecule has 1 N–H and O–H groups in total. The van der Waals surface area contributed by atoms with E-state index in [-0.39, 0.29) is 11.9 Å². The normalized spacial score (nSPS) is 20.5. The molecule has 2 rings (SSSR count). The molecule has 4 heteroatoms. The summed E-state index contributed by atoms with van der Waals surface area (Å²) >= 11 is 0. The molecule has 0 radical (unpaired) electrons. The van der Waals surface area contributed by atoms with Gasteiger partial charge in [0.25, 0.3) is 0 Å². The Morgan fingerprint density at radius 1 is 1.41 bits per heavy atom. The Morgan fingerprint density at radius 3 is 2.76 bits per heavy atom. The van der Waals surface area contributed by atoms with Crippen molar-refractivity contribution in [3.8, 4) is 5.75 Å². The minimum Gasteiger partial charge on any atom is -0.494 e. The van der Waals surface area contributed by atoms with Crippen LogP contribution in [0.15, 0.2) is 24.3 Å². The number of benzene rings is 1. The van der Waals surface area contributed by atoms with Crippen LogP contribution in [-0.2, 0) is 4.79 Å². The number of amides is 1. The fraction of sp³-hybridized carbons (Fsp3) is 0.462. The fourth-order valence-corrected chi connectivity index (χ4v) is 1.97. The maximum atomic E-state index is 12.0. The molecule has 0 bridgehead atoms. The molecule has 1 fully saturated rings. The van der Waals surface area contributed by atoms with Crippen LogP contribution in [0.5, 0.6) is 5.75 Å². The number of hydrogen-bond acceptors (Lipinski definition) is 3. The van der Waals surface area contributed by atoms with Gasteiger partial charge in [-0.05, 0) is 38.1 Å². The second-order valence-corrected chi connectivity index (χ2v) is 4.09. The van der Waals surface area contributed by atoms with Gasteiger partial charge in [-0.15, -0.1) is 0 Å². The minimum absolute atomic E-state index is 0.102. The number of carbonyl (C=O) groups excluding carboxylic acids is 1. The molecule has 92 valence electrons. The lowest BCUT2D eigenvalue weighted by atomic mass is 10.2. The van der Waals surface area contributed by atoms with Crippen molar-refractivity contribution in [3.63, 3.8) is 0 Å². The predicted octanol–water partition coefficient (Wildman–Crippen LogP) is 1.41. The first-order valence-electron chi connectivity index (χ1n) is 6.00. The Hall–Kier alpha value is -1.55. The maximum Gasteiger partial charge on any atom is 0.243 e. The van der Waals surface area contributed by atoms with Crippen LogP contribution in [0.2, 0.25) is 0 Å². The highest BCUT2D eigenvalue weighted by Crippen LogP contribution is 2.21. The molecule has 1 aromatic rings. The van der Waals surface area contributed by atoms with Crippen LogP contribution in [0.4, 0.5) is 5.69 Å². The lowest BCUT2D eigenvalue weighted by Crippen LogP contribution is -2.53. The molecule has 1 amide bonds. The standard InChI is InChI=1S/C13H18N2O2/c1-3-17-12-6-4-11(5-7-12)15-9-8-14-10(2)13(15)16/h4-7,10,14H,3,8-9H2,1-2H3. The van der Waals surface area contributed by atoms with Crippen LogP contribution in [0.25, 0.3) is 0 Å². The van der Waals surface area contributed by atoms with E-state index in [2.05, 4.69) is 5.32 Å². The van der Waals surface area contributed by atoms with Gasteiger partial charge in [-0.1, -0.05) is 0 Å². The summed E-state index contributed by atoms with van der Waals surface area (Å²) in [6, 6.07) is 7.56. The second kappa shape index (κ2) is 5.19. The minimum atomic E-state index is -0.102. The number of anilines is 1. The van der Waals surface area contributed by atoms with Crippen LogP contribution in [0, 0.1) is 0 Å². The van der Waals surface area contributed by atoms with E-state index in [4.69, 9.17) is 4.74 Å². The van der Waals surface area contributed by atoms with E-state index in [1.54, 1.807) is 0 Å². The molecule has 17 heavy (non-hydrogen) atoms. The number of ether oxygens (including phenoxy) is 1. The van der Waals surface area contributed by atoms with Crippen molar-refractivity contribution >= 4 is 11.6 Å². The number of hydrogen-bond donors (Lipinski definition) is 1. The molecule has 1 unspecified atom stereocenters. The molecule has 4 nitrogen and oxygen atoms in total. The van der Waals surface area contributed by atoms with E-state index in [1.807, 2.05) is 43.0 Å². The number of nitrogens with one attached hydrogen (secondary N) is 1. The predicted molar refractivity (Wildman–Crippen MR) is 67.4 cm³/mol. The molecule has 1 aliphatic rings. The van der Waals surface area contributed by atoms with Gasteiger partial charge in [0, 0.05) is 18.8 Å². The third-order valence-electron chi connectivity index (χ3n) is 2.88. The zero-order valence-corrected chi connectivity index (χ0v) is 10.3. The Morgan fingerprint density at radius 2 is 2.12 bits per heavy atom. The van der Waals surface area contributed by atoms with Gasteiger partial charge in [-0.3, -0.25) is 4.79 Å². The van der Waals surface area contributed by atoms with Gasteiger partial charge >= 0.3 is 0 Å². The summed E-state index contributed by atoms with van der Waals surface area (Å²) in [5.74, 6) is 0.965. The summed E-state index contributed by atoms with van der Waals surface area (Å²) in [5.41, 5.74) is 0.937. The Bertz CT molecular complexity index is 389. The summed E-state index contributed by atoms with van der Waals surface area (Å²) in [6.45, 7) is 6.05. The molecular formula is C13H18N2O2. The third-order valence-corrected chi connectivity index (χ3v) is 2.88. The third kappa shape index (κ3) is 2.58. The van der Waals surface area contributed by atoms with Crippen LogP contribution in [-0.4, -0.2) is 31.6 Å². The zero-order valence-electron chi connectivity index (χ0n) is 10.3. The van der Waals surface area contributed by atoms with Crippen LogP contribution in [0.1, 0.15) is 13.8 Å². The highest BCUT2D eigenvalue weighted by molar-refractivity contribution is 5.97. The molecule has 0 spiro atoms. The van der Waals surface area contributed by atoms with E-state index in [0.29, 0.717) is 6.61 Å². The SMILES string of the molecule is CCOc1ccc(N2CCNC(C)C2=O)cc1. The molecule has 0 saturated carbocycles. The summed E-state index contributed by atoms with van der Waals surface area (Å²) in [7, 11) is 0. The number of rotatable bonds is 3. The Balaban J connectivity index is 2.13. The molecular weight excluding hydrogens is 216 g/mol. The molecule has 1 heterocycles. The number of nitrogens with zero attached hydrogens (tertiary/aromatic N) is 1. The monoisotopic (exact) mass is 234 g/mol. The van der Waals surface area contributed by atoms with Gasteiger partial charge in [0.05, 0.1) is 12.6 Å². The highest BCUT2D eigenvalue weighted by Gasteiger charge is 2.25. The lowest BCUT2D eigenvalue weighted by Gasteiger charge is -2.31. The second-order valence-electron chi connectivity index (χ2n) is 4.09. The zero-order chi connectivity index (χ0) is 12.3. The molecule has 1 atom stereocenters. The van der Waals surface area contributed by atoms with Crippen molar-refractivity contribution in [3.05, 3.63) is 24.3 Å². The topological polar surface area (TPSA) is 41.6 Å². The van der Waals surface area contributed by atoms with Gasteiger partial charge in [-0.2, -0.15) is 0 Å². The Kier molecular flexibility index (Phi) is 3.64. The molecule has 0 aliphatic carbocycles. The largest absolute Gasteiger partial charge is 0.494 e. The quantitative estimate of drug-likeness (QED) is 0.859. The first-order chi connectivity index (χ1) is 8.22. The number of piperazine rings is 1. The Labute approximate surface area is 102 Å². The van der Waals surface area contributed by atoms with Crippen LogP contribution in [0.3, 0.4) is 0 Å². The summed E-state index contributed by atoms with van der Waals surface area (Å²) < 4.78 is 5.38. The van der Waals surface area contributed by atoms with E-state index in [9.17, 15) is 4.79 Å². The van der Waals surface area contributed by atoms with Crippen molar-refractivity contribution < 1.29 is 9.53 Å². The van der Waals surface area contributed by atoms with E-state index >= 15 is 0 Å². The summed E-state index contributed by atoms with van der Waals surface area (Å²) in [4.78, 5) is 13.8. The highest BCUT2D eigenvalue weighted by atomic mass is 16.5. The fourth-order valence-electron chi connectivity index (χ4n) is 1.97. The first-order valence-corrected chi connectivity index (χ1v) is 6.00. The van der Waals surface area contributed by atoms with Crippen molar-refractivity contribution in [2.24, 2.45) is 0 Å². The number of carbonyl (C=O) groups is 1. The van der Waals surface area contributed by atoms with Gasteiger partial charge in [-0.25, -0.2) is 0 Å². The molecule has 1 saturated heterocycles. The average molecular weight is 234 g/mol. The van der Waals surface area contributed by atoms with E-state index in [1.165, 1.54) is 0 Å². The lowest BCUT2D eigenvalue weighted by molar-refractivity contribution is -0.121. The smallest absolute Gasteiger partial charge is 0.243 e. The van der Waals surface area contributed by atoms with Crippen molar-refractivity contribution in [2.75, 3.05) is 24.6 Å². The van der Waals surface area contributed by atoms with Crippen molar-refractivity contribution in [1.29, 1.82) is 0 Å². The molecule has 1 aliphatic heterocycles. The summed E-state index contributed by atoms with van der Waals surface area (Å²) in [5, 5.41) is 3.15. The molecule has 1 aromatic carbocycles. The van der Waals surface area contributed by atoms with Gasteiger partial charge in [0.1, 0.15) is 5.75 Å². The van der Waals surface area contributed by atoms with Crippen LogP contribution >= 0.6 is 0 Å².